The lowest BCUT2D eigenvalue weighted by atomic mass is 10.1. The maximum atomic E-state index is 11.7. The van der Waals surface area contributed by atoms with E-state index >= 15 is 0 Å². The van der Waals surface area contributed by atoms with E-state index in [-0.39, 0.29) is 17.9 Å². The summed E-state index contributed by atoms with van der Waals surface area (Å²) in [6, 6.07) is 5.79. The summed E-state index contributed by atoms with van der Waals surface area (Å²) in [6.45, 7) is 1.73. The predicted octanol–water partition coefficient (Wildman–Crippen LogP) is 0.575. The first-order valence-corrected chi connectivity index (χ1v) is 7.43. The van der Waals surface area contributed by atoms with Crippen molar-refractivity contribution >= 4 is 16.0 Å². The number of nitrogens with one attached hydrogen (secondary N) is 1. The normalized spacial score (nSPS) is 13.2. The fraction of sp³-hybridized carbons (Fsp3) is 0.417. The number of aliphatic hydroxyl groups excluding tert-OH is 1. The second kappa shape index (κ2) is 6.65. The van der Waals surface area contributed by atoms with E-state index < -0.39 is 22.1 Å². The fourth-order valence-electron chi connectivity index (χ4n) is 1.49. The summed E-state index contributed by atoms with van der Waals surface area (Å²) in [5.41, 5.74) is 0.459. The molecule has 0 radical (unpaired) electrons. The van der Waals surface area contributed by atoms with Gasteiger partial charge in [0.05, 0.1) is 17.4 Å². The Balaban J connectivity index is 2.67. The lowest BCUT2D eigenvalue weighted by molar-refractivity contribution is 0.0696. The summed E-state index contributed by atoms with van der Waals surface area (Å²) in [5.74, 6) is -1.38. The van der Waals surface area contributed by atoms with Crippen molar-refractivity contribution in [2.24, 2.45) is 0 Å². The number of benzene rings is 1. The van der Waals surface area contributed by atoms with E-state index in [1.165, 1.54) is 18.2 Å². The van der Waals surface area contributed by atoms with Crippen LogP contribution in [0.3, 0.4) is 0 Å². The van der Waals surface area contributed by atoms with Crippen LogP contribution in [0, 0.1) is 0 Å². The van der Waals surface area contributed by atoms with Gasteiger partial charge in [0.1, 0.15) is 0 Å². The number of rotatable bonds is 7. The van der Waals surface area contributed by atoms with Crippen LogP contribution in [-0.4, -0.2) is 37.2 Å². The molecule has 0 heterocycles. The zero-order valence-corrected chi connectivity index (χ0v) is 11.4. The third kappa shape index (κ3) is 5.82. The first-order chi connectivity index (χ1) is 8.80. The Hall–Kier alpha value is -1.44. The van der Waals surface area contributed by atoms with Gasteiger partial charge in [-0.15, -0.1) is 0 Å². The number of hydrogen-bond acceptors (Lipinski definition) is 4. The molecule has 7 heteroatoms. The molecule has 1 atom stereocenters. The van der Waals surface area contributed by atoms with Crippen LogP contribution in [0.1, 0.15) is 29.3 Å². The van der Waals surface area contributed by atoms with Gasteiger partial charge < -0.3 is 10.2 Å². The molecule has 3 N–H and O–H groups in total. The Kier molecular flexibility index (Phi) is 5.46. The quantitative estimate of drug-likeness (QED) is 0.680. The lowest BCUT2D eigenvalue weighted by Gasteiger charge is -2.08. The molecule has 6 nitrogen and oxygen atoms in total. The molecule has 1 rings (SSSR count). The molecule has 0 aliphatic heterocycles. The van der Waals surface area contributed by atoms with Crippen molar-refractivity contribution in [1.29, 1.82) is 0 Å². The molecular weight excluding hydrogens is 270 g/mol. The molecule has 106 valence electrons. The largest absolute Gasteiger partial charge is 0.478 e. The summed E-state index contributed by atoms with van der Waals surface area (Å²) >= 11 is 0. The van der Waals surface area contributed by atoms with Crippen molar-refractivity contribution in [1.82, 2.24) is 4.72 Å². The second-order valence-corrected chi connectivity index (χ2v) is 6.10. The van der Waals surface area contributed by atoms with Gasteiger partial charge in [0.2, 0.25) is 10.0 Å². The average Bonchev–Trinajstić information content (AvgIpc) is 2.27. The molecule has 1 unspecified atom stereocenters. The van der Waals surface area contributed by atoms with Crippen molar-refractivity contribution in [3.8, 4) is 0 Å². The van der Waals surface area contributed by atoms with Gasteiger partial charge in [-0.25, -0.2) is 17.9 Å². The van der Waals surface area contributed by atoms with Crippen LogP contribution in [-0.2, 0) is 15.8 Å². The van der Waals surface area contributed by atoms with Crippen molar-refractivity contribution < 1.29 is 23.4 Å². The highest BCUT2D eigenvalue weighted by molar-refractivity contribution is 7.88. The number of carbonyl (C=O) groups is 1. The van der Waals surface area contributed by atoms with Crippen LogP contribution in [0.2, 0.25) is 0 Å². The summed E-state index contributed by atoms with van der Waals surface area (Å²) in [4.78, 5) is 10.8. The summed E-state index contributed by atoms with van der Waals surface area (Å²) in [5, 5.41) is 17.9. The minimum Gasteiger partial charge on any atom is -0.478 e. The Bertz CT molecular complexity index is 539. The van der Waals surface area contributed by atoms with E-state index in [9.17, 15) is 13.2 Å². The van der Waals surface area contributed by atoms with Crippen LogP contribution in [0.4, 0.5) is 0 Å². The summed E-state index contributed by atoms with van der Waals surface area (Å²) < 4.78 is 25.8. The minimum absolute atomic E-state index is 0.0525. The van der Waals surface area contributed by atoms with Crippen LogP contribution in [0.5, 0.6) is 0 Å². The Labute approximate surface area is 112 Å². The number of carboxylic acids is 1. The van der Waals surface area contributed by atoms with E-state index in [1.807, 2.05) is 0 Å². The lowest BCUT2D eigenvalue weighted by Crippen LogP contribution is -2.28. The van der Waals surface area contributed by atoms with Crippen LogP contribution in [0.15, 0.2) is 24.3 Å². The number of sulfonamides is 1. The molecule has 0 aliphatic rings. The number of aliphatic hydroxyl groups is 1. The smallest absolute Gasteiger partial charge is 0.335 e. The van der Waals surface area contributed by atoms with Crippen molar-refractivity contribution in [2.75, 3.05) is 6.54 Å². The summed E-state index contributed by atoms with van der Waals surface area (Å²) in [7, 11) is -3.53. The number of hydrogen-bond donors (Lipinski definition) is 3. The minimum atomic E-state index is -3.53. The van der Waals surface area contributed by atoms with Gasteiger partial charge in [0, 0.05) is 6.54 Å². The third-order valence-electron chi connectivity index (χ3n) is 2.41. The molecule has 1 aromatic carbocycles. The monoisotopic (exact) mass is 287 g/mol. The predicted molar refractivity (Wildman–Crippen MR) is 70.3 cm³/mol. The van der Waals surface area contributed by atoms with E-state index in [2.05, 4.69) is 4.72 Å². The maximum Gasteiger partial charge on any atom is 0.335 e. The molecule has 0 saturated carbocycles. The second-order valence-electron chi connectivity index (χ2n) is 4.30. The highest BCUT2D eigenvalue weighted by atomic mass is 32.2. The van der Waals surface area contributed by atoms with E-state index in [0.717, 1.165) is 0 Å². The topological polar surface area (TPSA) is 104 Å². The molecule has 19 heavy (non-hydrogen) atoms. The third-order valence-corrected chi connectivity index (χ3v) is 3.77. The SMILES string of the molecule is CC(O)CCNS(=O)(=O)Cc1cccc(C(=O)O)c1. The van der Waals surface area contributed by atoms with Crippen LogP contribution < -0.4 is 4.72 Å². The molecule has 0 fully saturated rings. The first-order valence-electron chi connectivity index (χ1n) is 5.78. The molecule has 0 spiro atoms. The standard InChI is InChI=1S/C12H17NO5S/c1-9(14)5-6-13-19(17,18)8-10-3-2-4-11(7-10)12(15)16/h2-4,7,9,13-14H,5-6,8H2,1H3,(H,15,16). The molecule has 1 aromatic rings. The molecule has 0 amide bonds. The summed E-state index contributed by atoms with van der Waals surface area (Å²) in [6.07, 6.45) is -0.243. The number of carboxylic acid groups (broad SMARTS) is 1. The van der Waals surface area contributed by atoms with Gasteiger partial charge in [-0.3, -0.25) is 0 Å². The zero-order valence-electron chi connectivity index (χ0n) is 10.5. The van der Waals surface area contributed by atoms with E-state index in [0.29, 0.717) is 12.0 Å². The highest BCUT2D eigenvalue weighted by Crippen LogP contribution is 2.09. The molecule has 0 bridgehead atoms. The molecule has 0 aliphatic carbocycles. The van der Waals surface area contributed by atoms with Gasteiger partial charge in [0.25, 0.3) is 0 Å². The number of aromatic carboxylic acids is 1. The average molecular weight is 287 g/mol. The van der Waals surface area contributed by atoms with Crippen LogP contribution in [0.25, 0.3) is 0 Å². The maximum absolute atomic E-state index is 11.7. The van der Waals surface area contributed by atoms with Gasteiger partial charge in [-0.1, -0.05) is 12.1 Å². The van der Waals surface area contributed by atoms with Crippen molar-refractivity contribution in [3.05, 3.63) is 35.4 Å². The van der Waals surface area contributed by atoms with Gasteiger partial charge in [0.15, 0.2) is 0 Å². The van der Waals surface area contributed by atoms with Gasteiger partial charge in [-0.2, -0.15) is 0 Å². The van der Waals surface area contributed by atoms with Crippen molar-refractivity contribution in [2.45, 2.75) is 25.2 Å². The molecule has 0 saturated heterocycles. The highest BCUT2D eigenvalue weighted by Gasteiger charge is 2.13. The van der Waals surface area contributed by atoms with Crippen molar-refractivity contribution in [3.63, 3.8) is 0 Å². The Morgan fingerprint density at radius 2 is 2.11 bits per heavy atom. The van der Waals surface area contributed by atoms with E-state index in [4.69, 9.17) is 10.2 Å². The van der Waals surface area contributed by atoms with Crippen LogP contribution >= 0.6 is 0 Å². The Morgan fingerprint density at radius 3 is 2.68 bits per heavy atom. The van der Waals surface area contributed by atoms with E-state index in [1.54, 1.807) is 13.0 Å². The fourth-order valence-corrected chi connectivity index (χ4v) is 2.64. The first kappa shape index (κ1) is 15.6. The zero-order chi connectivity index (χ0) is 14.5. The molecular formula is C12H17NO5S. The van der Waals surface area contributed by atoms with Gasteiger partial charge in [-0.05, 0) is 31.0 Å². The Morgan fingerprint density at radius 1 is 1.42 bits per heavy atom. The van der Waals surface area contributed by atoms with Gasteiger partial charge >= 0.3 is 5.97 Å². The molecule has 0 aromatic heterocycles.